The number of nitrogens with one attached hydrogen (secondary N) is 2. The quantitative estimate of drug-likeness (QED) is 0.751. The molecule has 1 rings (SSSR count). The molecule has 0 bridgehead atoms. The SMILES string of the molecule is CCCC(C)(NC(=O)NC(C)c1ccsc1)C(=O)O. The number of hydrogen-bond acceptors (Lipinski definition) is 3. The molecule has 0 fully saturated rings. The molecular weight excluding hydrogens is 264 g/mol. The number of carbonyl (C=O) groups excluding carboxylic acids is 1. The van der Waals surface area contributed by atoms with E-state index in [1.165, 1.54) is 6.92 Å². The van der Waals surface area contributed by atoms with Gasteiger partial charge in [0.1, 0.15) is 5.54 Å². The Kier molecular flexibility index (Phi) is 5.35. The van der Waals surface area contributed by atoms with Crippen molar-refractivity contribution in [3.63, 3.8) is 0 Å². The van der Waals surface area contributed by atoms with E-state index in [0.717, 1.165) is 5.56 Å². The molecule has 0 aromatic carbocycles. The first-order chi connectivity index (χ1) is 8.89. The molecule has 1 aromatic heterocycles. The van der Waals surface area contributed by atoms with Crippen molar-refractivity contribution in [3.8, 4) is 0 Å². The van der Waals surface area contributed by atoms with Crippen LogP contribution in [0.1, 0.15) is 45.2 Å². The molecule has 0 aliphatic heterocycles. The Labute approximate surface area is 117 Å². The van der Waals surface area contributed by atoms with E-state index in [-0.39, 0.29) is 6.04 Å². The van der Waals surface area contributed by atoms with E-state index in [1.54, 1.807) is 11.3 Å². The van der Waals surface area contributed by atoms with Crippen LogP contribution in [-0.2, 0) is 4.79 Å². The summed E-state index contributed by atoms with van der Waals surface area (Å²) in [6.07, 6.45) is 1.08. The van der Waals surface area contributed by atoms with Crippen LogP contribution in [0.25, 0.3) is 0 Å². The van der Waals surface area contributed by atoms with E-state index in [4.69, 9.17) is 0 Å². The number of carboxylic acids is 1. The van der Waals surface area contributed by atoms with Crippen LogP contribution in [0.4, 0.5) is 4.79 Å². The van der Waals surface area contributed by atoms with Crippen molar-refractivity contribution in [2.24, 2.45) is 0 Å². The Morgan fingerprint density at radius 2 is 2.21 bits per heavy atom. The second-order valence-electron chi connectivity index (χ2n) is 4.76. The minimum Gasteiger partial charge on any atom is -0.480 e. The van der Waals surface area contributed by atoms with Gasteiger partial charge in [-0.15, -0.1) is 0 Å². The van der Waals surface area contributed by atoms with E-state index in [2.05, 4.69) is 10.6 Å². The summed E-state index contributed by atoms with van der Waals surface area (Å²) in [5.41, 5.74) is -0.222. The maximum absolute atomic E-state index is 11.9. The molecule has 3 N–H and O–H groups in total. The number of aliphatic carboxylic acids is 1. The summed E-state index contributed by atoms with van der Waals surface area (Å²) in [4.78, 5) is 23.1. The molecule has 5 nitrogen and oxygen atoms in total. The van der Waals surface area contributed by atoms with Crippen molar-refractivity contribution in [1.82, 2.24) is 10.6 Å². The Balaban J connectivity index is 2.61. The van der Waals surface area contributed by atoms with Gasteiger partial charge in [0.15, 0.2) is 0 Å². The number of thiophene rings is 1. The fourth-order valence-corrected chi connectivity index (χ4v) is 2.57. The van der Waals surface area contributed by atoms with Crippen molar-refractivity contribution in [2.75, 3.05) is 0 Å². The topological polar surface area (TPSA) is 78.4 Å². The molecule has 0 spiro atoms. The van der Waals surface area contributed by atoms with Crippen molar-refractivity contribution >= 4 is 23.3 Å². The van der Waals surface area contributed by atoms with Gasteiger partial charge in [0.2, 0.25) is 0 Å². The molecule has 0 saturated heterocycles. The van der Waals surface area contributed by atoms with Crippen LogP contribution in [-0.4, -0.2) is 22.6 Å². The zero-order valence-corrected chi connectivity index (χ0v) is 12.2. The van der Waals surface area contributed by atoms with Crippen molar-refractivity contribution in [3.05, 3.63) is 22.4 Å². The van der Waals surface area contributed by atoms with Gasteiger partial charge in [-0.25, -0.2) is 9.59 Å². The predicted molar refractivity (Wildman–Crippen MR) is 75.4 cm³/mol. The predicted octanol–water partition coefficient (Wildman–Crippen LogP) is 2.75. The third-order valence-corrected chi connectivity index (χ3v) is 3.70. The third-order valence-electron chi connectivity index (χ3n) is 3.00. The first-order valence-corrected chi connectivity index (χ1v) is 7.17. The molecule has 106 valence electrons. The Morgan fingerprint density at radius 3 is 2.68 bits per heavy atom. The van der Waals surface area contributed by atoms with E-state index in [0.29, 0.717) is 12.8 Å². The minimum atomic E-state index is -1.23. The summed E-state index contributed by atoms with van der Waals surface area (Å²) in [7, 11) is 0. The van der Waals surface area contributed by atoms with Gasteiger partial charge < -0.3 is 15.7 Å². The molecule has 6 heteroatoms. The third kappa shape index (κ3) is 4.24. The van der Waals surface area contributed by atoms with Crippen LogP contribution >= 0.6 is 11.3 Å². The van der Waals surface area contributed by atoms with Crippen LogP contribution in [0, 0.1) is 0 Å². The Hall–Kier alpha value is -1.56. The summed E-state index contributed by atoms with van der Waals surface area (Å²) in [5.74, 6) is -1.02. The number of amides is 2. The Morgan fingerprint density at radius 1 is 1.53 bits per heavy atom. The van der Waals surface area contributed by atoms with Gasteiger partial charge in [-0.05, 0) is 42.7 Å². The summed E-state index contributed by atoms with van der Waals surface area (Å²) < 4.78 is 0. The first-order valence-electron chi connectivity index (χ1n) is 6.23. The highest BCUT2D eigenvalue weighted by Gasteiger charge is 2.34. The maximum atomic E-state index is 11.9. The van der Waals surface area contributed by atoms with Crippen molar-refractivity contribution in [1.29, 1.82) is 0 Å². The van der Waals surface area contributed by atoms with E-state index < -0.39 is 17.5 Å². The number of carbonyl (C=O) groups is 2. The van der Waals surface area contributed by atoms with Gasteiger partial charge in [0.25, 0.3) is 0 Å². The first kappa shape index (κ1) is 15.5. The average molecular weight is 284 g/mol. The van der Waals surface area contributed by atoms with E-state index in [1.807, 2.05) is 30.7 Å². The summed E-state index contributed by atoms with van der Waals surface area (Å²) in [6, 6.07) is 1.32. The van der Waals surface area contributed by atoms with Crippen LogP contribution in [0.2, 0.25) is 0 Å². The van der Waals surface area contributed by atoms with Crippen LogP contribution in [0.15, 0.2) is 16.8 Å². The highest BCUT2D eigenvalue weighted by atomic mass is 32.1. The van der Waals surface area contributed by atoms with Gasteiger partial charge in [-0.1, -0.05) is 13.3 Å². The minimum absolute atomic E-state index is 0.147. The number of rotatable bonds is 6. The molecule has 0 aliphatic rings. The summed E-state index contributed by atoms with van der Waals surface area (Å²) >= 11 is 1.56. The van der Waals surface area contributed by atoms with Crippen LogP contribution < -0.4 is 10.6 Å². The molecule has 1 aromatic rings. The van der Waals surface area contributed by atoms with Crippen molar-refractivity contribution in [2.45, 2.75) is 45.2 Å². The highest BCUT2D eigenvalue weighted by Crippen LogP contribution is 2.16. The molecule has 1 heterocycles. The molecule has 2 amide bonds. The molecule has 0 radical (unpaired) electrons. The molecule has 0 saturated carbocycles. The van der Waals surface area contributed by atoms with Crippen molar-refractivity contribution < 1.29 is 14.7 Å². The molecule has 2 atom stereocenters. The molecule has 0 aliphatic carbocycles. The largest absolute Gasteiger partial charge is 0.480 e. The van der Waals surface area contributed by atoms with Gasteiger partial charge in [-0.3, -0.25) is 0 Å². The zero-order chi connectivity index (χ0) is 14.5. The lowest BCUT2D eigenvalue weighted by Gasteiger charge is -2.26. The zero-order valence-electron chi connectivity index (χ0n) is 11.4. The van der Waals surface area contributed by atoms with Gasteiger partial charge in [0.05, 0.1) is 6.04 Å². The second-order valence-corrected chi connectivity index (χ2v) is 5.54. The average Bonchev–Trinajstić information content (AvgIpc) is 2.81. The van der Waals surface area contributed by atoms with Crippen LogP contribution in [0.5, 0.6) is 0 Å². The number of carboxylic acid groups (broad SMARTS) is 1. The smallest absolute Gasteiger partial charge is 0.329 e. The lowest BCUT2D eigenvalue weighted by atomic mass is 9.96. The second kappa shape index (κ2) is 6.56. The van der Waals surface area contributed by atoms with E-state index >= 15 is 0 Å². The van der Waals surface area contributed by atoms with Gasteiger partial charge >= 0.3 is 12.0 Å². The number of hydrogen-bond donors (Lipinski definition) is 3. The fraction of sp³-hybridized carbons (Fsp3) is 0.538. The van der Waals surface area contributed by atoms with Crippen LogP contribution in [0.3, 0.4) is 0 Å². The Bertz CT molecular complexity index is 433. The lowest BCUT2D eigenvalue weighted by molar-refractivity contribution is -0.144. The van der Waals surface area contributed by atoms with Gasteiger partial charge in [0, 0.05) is 0 Å². The highest BCUT2D eigenvalue weighted by molar-refractivity contribution is 7.07. The summed E-state index contributed by atoms with van der Waals surface area (Å²) in [6.45, 7) is 5.27. The normalized spacial score (nSPS) is 15.3. The summed E-state index contributed by atoms with van der Waals surface area (Å²) in [5, 5.41) is 18.4. The molecule has 19 heavy (non-hydrogen) atoms. The fourth-order valence-electron chi connectivity index (χ4n) is 1.81. The molecule has 2 unspecified atom stereocenters. The lowest BCUT2D eigenvalue weighted by Crippen LogP contribution is -2.55. The van der Waals surface area contributed by atoms with E-state index in [9.17, 15) is 14.7 Å². The van der Waals surface area contributed by atoms with Gasteiger partial charge in [-0.2, -0.15) is 11.3 Å². The molecular formula is C13H20N2O3S. The number of urea groups is 1. The standard InChI is InChI=1S/C13H20N2O3S/c1-4-6-13(3,11(16)17)15-12(18)14-9(2)10-5-7-19-8-10/h5,7-9H,4,6H2,1-3H3,(H,16,17)(H2,14,15,18). The maximum Gasteiger partial charge on any atom is 0.329 e. The monoisotopic (exact) mass is 284 g/mol.